The lowest BCUT2D eigenvalue weighted by Gasteiger charge is -2.15. The highest BCUT2D eigenvalue weighted by Gasteiger charge is 2.23. The van der Waals surface area contributed by atoms with Crippen LogP contribution in [-0.4, -0.2) is 44.9 Å². The standard InChI is InChI=1S/C13H17N3O4/c1-19-8-11(14)12(17)15-9-3-2-4-10(7-9)16-5-6-20-13(16)18/h2-4,7,11H,5-6,8,14H2,1H3,(H,15,17). The molecule has 0 radical (unpaired) electrons. The number of nitrogens with one attached hydrogen (secondary N) is 1. The molecule has 1 aliphatic heterocycles. The van der Waals surface area contributed by atoms with Crippen molar-refractivity contribution in [3.63, 3.8) is 0 Å². The van der Waals surface area contributed by atoms with Crippen molar-refractivity contribution in [1.29, 1.82) is 0 Å². The van der Waals surface area contributed by atoms with Gasteiger partial charge in [0.25, 0.3) is 0 Å². The molecular formula is C13H17N3O4. The SMILES string of the molecule is COCC(N)C(=O)Nc1cccc(N2CCOC2=O)c1. The summed E-state index contributed by atoms with van der Waals surface area (Å²) >= 11 is 0. The highest BCUT2D eigenvalue weighted by molar-refractivity contribution is 5.96. The minimum Gasteiger partial charge on any atom is -0.447 e. The quantitative estimate of drug-likeness (QED) is 0.821. The van der Waals surface area contributed by atoms with Crippen LogP contribution < -0.4 is 16.0 Å². The van der Waals surface area contributed by atoms with Crippen molar-refractivity contribution in [3.8, 4) is 0 Å². The van der Waals surface area contributed by atoms with Crippen molar-refractivity contribution in [2.24, 2.45) is 5.73 Å². The van der Waals surface area contributed by atoms with Crippen LogP contribution in [0.25, 0.3) is 0 Å². The minimum absolute atomic E-state index is 0.143. The highest BCUT2D eigenvalue weighted by atomic mass is 16.6. The molecule has 108 valence electrons. The first-order valence-corrected chi connectivity index (χ1v) is 6.21. The number of cyclic esters (lactones) is 1. The van der Waals surface area contributed by atoms with E-state index in [0.717, 1.165) is 0 Å². The predicted octanol–water partition coefficient (Wildman–Crippen LogP) is 0.555. The molecule has 0 aromatic heterocycles. The van der Waals surface area contributed by atoms with Crippen LogP contribution in [0, 0.1) is 0 Å². The molecule has 1 unspecified atom stereocenters. The Hall–Kier alpha value is -2.12. The Labute approximate surface area is 116 Å². The van der Waals surface area contributed by atoms with E-state index >= 15 is 0 Å². The van der Waals surface area contributed by atoms with Crippen molar-refractivity contribution in [1.82, 2.24) is 0 Å². The molecule has 1 aromatic carbocycles. The zero-order valence-electron chi connectivity index (χ0n) is 11.2. The Morgan fingerprint density at radius 2 is 2.40 bits per heavy atom. The predicted molar refractivity (Wildman–Crippen MR) is 73.6 cm³/mol. The van der Waals surface area contributed by atoms with Crippen LogP contribution in [0.1, 0.15) is 0 Å². The number of rotatable bonds is 5. The fourth-order valence-corrected chi connectivity index (χ4v) is 1.87. The van der Waals surface area contributed by atoms with Gasteiger partial charge in [-0.1, -0.05) is 6.07 Å². The maximum atomic E-state index is 11.8. The maximum Gasteiger partial charge on any atom is 0.414 e. The van der Waals surface area contributed by atoms with E-state index in [2.05, 4.69) is 5.32 Å². The van der Waals surface area contributed by atoms with Gasteiger partial charge in [-0.2, -0.15) is 0 Å². The molecular weight excluding hydrogens is 262 g/mol. The summed E-state index contributed by atoms with van der Waals surface area (Å²) in [4.78, 5) is 24.8. The highest BCUT2D eigenvalue weighted by Crippen LogP contribution is 2.22. The second-order valence-electron chi connectivity index (χ2n) is 4.37. The maximum absolute atomic E-state index is 11.8. The molecule has 1 heterocycles. The number of benzene rings is 1. The van der Waals surface area contributed by atoms with E-state index in [1.165, 1.54) is 12.0 Å². The summed E-state index contributed by atoms with van der Waals surface area (Å²) in [6, 6.07) is 6.21. The summed E-state index contributed by atoms with van der Waals surface area (Å²) in [5.74, 6) is -0.340. The van der Waals surface area contributed by atoms with Crippen LogP contribution in [-0.2, 0) is 14.3 Å². The van der Waals surface area contributed by atoms with Gasteiger partial charge in [-0.3, -0.25) is 9.69 Å². The van der Waals surface area contributed by atoms with Crippen LogP contribution in [0.4, 0.5) is 16.2 Å². The molecule has 7 heteroatoms. The molecule has 1 fully saturated rings. The van der Waals surface area contributed by atoms with Crippen molar-refractivity contribution in [3.05, 3.63) is 24.3 Å². The average molecular weight is 279 g/mol. The number of amides is 2. The Morgan fingerprint density at radius 3 is 3.05 bits per heavy atom. The van der Waals surface area contributed by atoms with Gasteiger partial charge < -0.3 is 20.5 Å². The van der Waals surface area contributed by atoms with Crippen molar-refractivity contribution in [2.75, 3.05) is 37.1 Å². The molecule has 7 nitrogen and oxygen atoms in total. The van der Waals surface area contributed by atoms with E-state index in [1.807, 2.05) is 0 Å². The first kappa shape index (κ1) is 14.3. The molecule has 1 saturated heterocycles. The van der Waals surface area contributed by atoms with E-state index in [0.29, 0.717) is 24.5 Å². The molecule has 2 rings (SSSR count). The first-order valence-electron chi connectivity index (χ1n) is 6.21. The fraction of sp³-hybridized carbons (Fsp3) is 0.385. The molecule has 3 N–H and O–H groups in total. The van der Waals surface area contributed by atoms with E-state index < -0.39 is 6.04 Å². The molecule has 0 bridgehead atoms. The summed E-state index contributed by atoms with van der Waals surface area (Å²) in [5.41, 5.74) is 6.88. The summed E-state index contributed by atoms with van der Waals surface area (Å²) in [5, 5.41) is 2.68. The van der Waals surface area contributed by atoms with Gasteiger partial charge in [0.15, 0.2) is 0 Å². The van der Waals surface area contributed by atoms with Gasteiger partial charge in [-0.25, -0.2) is 4.79 Å². The van der Waals surface area contributed by atoms with Crippen molar-refractivity contribution >= 4 is 23.4 Å². The molecule has 1 aromatic rings. The number of methoxy groups -OCH3 is 1. The van der Waals surface area contributed by atoms with Crippen LogP contribution in [0.5, 0.6) is 0 Å². The number of anilines is 2. The zero-order chi connectivity index (χ0) is 14.5. The first-order chi connectivity index (χ1) is 9.61. The van der Waals surface area contributed by atoms with Gasteiger partial charge in [-0.05, 0) is 18.2 Å². The van der Waals surface area contributed by atoms with Gasteiger partial charge in [0.2, 0.25) is 5.91 Å². The zero-order valence-corrected chi connectivity index (χ0v) is 11.2. The number of hydrogen-bond acceptors (Lipinski definition) is 5. The lowest BCUT2D eigenvalue weighted by molar-refractivity contribution is -0.118. The van der Waals surface area contributed by atoms with E-state index in [1.54, 1.807) is 24.3 Å². The second-order valence-corrected chi connectivity index (χ2v) is 4.37. The molecule has 1 aliphatic rings. The number of nitrogens with two attached hydrogens (primary N) is 1. The monoisotopic (exact) mass is 279 g/mol. The number of carbonyl (C=O) groups is 2. The van der Waals surface area contributed by atoms with Gasteiger partial charge in [0.05, 0.1) is 13.2 Å². The third kappa shape index (κ3) is 3.25. The molecule has 20 heavy (non-hydrogen) atoms. The lowest BCUT2D eigenvalue weighted by Crippen LogP contribution is -2.39. The number of carbonyl (C=O) groups excluding carboxylic acids is 2. The van der Waals surface area contributed by atoms with Gasteiger partial charge in [0, 0.05) is 18.5 Å². The van der Waals surface area contributed by atoms with Gasteiger partial charge in [0.1, 0.15) is 12.6 Å². The van der Waals surface area contributed by atoms with Crippen LogP contribution in [0.2, 0.25) is 0 Å². The summed E-state index contributed by atoms with van der Waals surface area (Å²) < 4.78 is 9.70. The molecule has 0 saturated carbocycles. The molecule has 0 aliphatic carbocycles. The fourth-order valence-electron chi connectivity index (χ4n) is 1.87. The lowest BCUT2D eigenvalue weighted by atomic mass is 10.2. The number of hydrogen-bond donors (Lipinski definition) is 2. The molecule has 0 spiro atoms. The minimum atomic E-state index is -0.736. The summed E-state index contributed by atoms with van der Waals surface area (Å²) in [6.07, 6.45) is -0.385. The van der Waals surface area contributed by atoms with Crippen molar-refractivity contribution < 1.29 is 19.1 Å². The van der Waals surface area contributed by atoms with Crippen molar-refractivity contribution in [2.45, 2.75) is 6.04 Å². The Morgan fingerprint density at radius 1 is 1.60 bits per heavy atom. The summed E-state index contributed by atoms with van der Waals surface area (Å²) in [6.45, 7) is 1.01. The smallest absolute Gasteiger partial charge is 0.414 e. The van der Waals surface area contributed by atoms with E-state index in [-0.39, 0.29) is 18.6 Å². The third-order valence-corrected chi connectivity index (χ3v) is 2.87. The Kier molecular flexibility index (Phi) is 4.54. The Bertz CT molecular complexity index is 506. The second kappa shape index (κ2) is 6.36. The van der Waals surface area contributed by atoms with Crippen LogP contribution >= 0.6 is 0 Å². The average Bonchev–Trinajstić information content (AvgIpc) is 2.85. The Balaban J connectivity index is 2.06. The van der Waals surface area contributed by atoms with Gasteiger partial charge >= 0.3 is 6.09 Å². The number of nitrogens with zero attached hydrogens (tertiary/aromatic N) is 1. The van der Waals surface area contributed by atoms with Crippen LogP contribution in [0.3, 0.4) is 0 Å². The normalized spacial score (nSPS) is 15.9. The third-order valence-electron chi connectivity index (χ3n) is 2.87. The van der Waals surface area contributed by atoms with E-state index in [4.69, 9.17) is 15.2 Å². The van der Waals surface area contributed by atoms with E-state index in [9.17, 15) is 9.59 Å². The van der Waals surface area contributed by atoms with Gasteiger partial charge in [-0.15, -0.1) is 0 Å². The molecule has 1 atom stereocenters. The molecule has 2 amide bonds. The van der Waals surface area contributed by atoms with Crippen LogP contribution in [0.15, 0.2) is 24.3 Å². The number of ether oxygens (including phenoxy) is 2. The topological polar surface area (TPSA) is 93.9 Å². The summed E-state index contributed by atoms with van der Waals surface area (Å²) in [7, 11) is 1.48. The largest absolute Gasteiger partial charge is 0.447 e.